The summed E-state index contributed by atoms with van der Waals surface area (Å²) >= 11 is 0. The second-order valence-electron chi connectivity index (χ2n) is 17.8. The summed E-state index contributed by atoms with van der Waals surface area (Å²) in [6.45, 7) is 4.63. The Kier molecular flexibility index (Phi) is 40.2. The Labute approximate surface area is 359 Å². The Bertz CT molecular complexity index is 1040. The van der Waals surface area contributed by atoms with Gasteiger partial charge in [-0.05, 0) is 57.8 Å². The van der Waals surface area contributed by atoms with Gasteiger partial charge < -0.3 is 28.8 Å². The van der Waals surface area contributed by atoms with Gasteiger partial charge in [-0.25, -0.2) is 0 Å². The van der Waals surface area contributed by atoms with E-state index in [9.17, 15) is 19.4 Å². The summed E-state index contributed by atoms with van der Waals surface area (Å²) < 4.78 is 23.2. The molecule has 0 aromatic carbocycles. The highest BCUT2D eigenvalue weighted by Crippen LogP contribution is 2.38. The highest BCUT2D eigenvalue weighted by molar-refractivity contribution is 7.45. The molecule has 0 rings (SSSR count). The SMILES string of the molecule is CCCCCCCC/C=C\CCCCCCCCCC(=O)NC(COP(=O)([O-])OCC[N+](C)(C)C)C(O)/C=C/CC/C=C/CCCCCCCCCCCCCCC. The van der Waals surface area contributed by atoms with Gasteiger partial charge in [0.05, 0.1) is 39.9 Å². The fraction of sp³-hybridized carbons (Fsp3) is 0.857. The first kappa shape index (κ1) is 56.7. The van der Waals surface area contributed by atoms with Gasteiger partial charge in [-0.2, -0.15) is 0 Å². The van der Waals surface area contributed by atoms with Crippen LogP contribution in [0.25, 0.3) is 0 Å². The van der Waals surface area contributed by atoms with Gasteiger partial charge in [0.1, 0.15) is 13.2 Å². The van der Waals surface area contributed by atoms with Crippen molar-refractivity contribution in [2.75, 3.05) is 40.9 Å². The summed E-state index contributed by atoms with van der Waals surface area (Å²) in [5.41, 5.74) is 0. The minimum atomic E-state index is -4.60. The van der Waals surface area contributed by atoms with Gasteiger partial charge >= 0.3 is 0 Å². The maximum Gasteiger partial charge on any atom is 0.268 e. The standard InChI is InChI=1S/C49H95N2O6P/c1-6-8-10-12-14-16-18-20-22-24-25-27-28-30-32-34-36-38-40-42-48(52)47(46-57-58(54,55)56-45-44-51(3,4)5)50-49(53)43-41-39-37-35-33-31-29-26-23-21-19-17-15-13-11-9-7-2/h21,23,32,34,40,42,47-48,52H,6-20,22,24-31,33,35-39,41,43-46H2,1-5H3,(H-,50,53,54,55)/b23-21-,34-32+,42-40+. The lowest BCUT2D eigenvalue weighted by molar-refractivity contribution is -0.870. The second-order valence-corrected chi connectivity index (χ2v) is 19.2. The second kappa shape index (κ2) is 41.1. The molecule has 0 bridgehead atoms. The Morgan fingerprint density at radius 1 is 0.586 bits per heavy atom. The van der Waals surface area contributed by atoms with Crippen molar-refractivity contribution in [2.45, 2.75) is 231 Å². The smallest absolute Gasteiger partial charge is 0.268 e. The number of phosphoric acid groups is 1. The van der Waals surface area contributed by atoms with Crippen LogP contribution >= 0.6 is 7.82 Å². The van der Waals surface area contributed by atoms with Crippen molar-refractivity contribution < 1.29 is 32.9 Å². The number of unbranched alkanes of at least 4 members (excludes halogenated alkanes) is 27. The molecule has 0 saturated carbocycles. The first-order valence-corrected chi connectivity index (χ1v) is 25.8. The minimum Gasteiger partial charge on any atom is -0.756 e. The topological polar surface area (TPSA) is 108 Å². The predicted octanol–water partition coefficient (Wildman–Crippen LogP) is 13.2. The van der Waals surface area contributed by atoms with Crippen LogP contribution in [-0.2, 0) is 18.4 Å². The van der Waals surface area contributed by atoms with E-state index in [1.54, 1.807) is 6.08 Å². The lowest BCUT2D eigenvalue weighted by Crippen LogP contribution is -2.45. The number of hydrogen-bond acceptors (Lipinski definition) is 6. The number of carbonyl (C=O) groups excluding carboxylic acids is 1. The molecule has 2 N–H and O–H groups in total. The zero-order valence-corrected chi connectivity index (χ0v) is 39.6. The van der Waals surface area contributed by atoms with Crippen molar-refractivity contribution in [3.8, 4) is 0 Å². The molecule has 0 aromatic rings. The summed E-state index contributed by atoms with van der Waals surface area (Å²) in [6, 6.07) is -0.904. The lowest BCUT2D eigenvalue weighted by Gasteiger charge is -2.29. The molecule has 8 nitrogen and oxygen atoms in total. The maximum absolute atomic E-state index is 12.9. The van der Waals surface area contributed by atoms with Crippen LogP contribution < -0.4 is 10.2 Å². The largest absolute Gasteiger partial charge is 0.756 e. The number of carbonyl (C=O) groups is 1. The molecule has 0 radical (unpaired) electrons. The number of rotatable bonds is 44. The van der Waals surface area contributed by atoms with Gasteiger partial charge in [-0.1, -0.05) is 192 Å². The average molecular weight is 839 g/mol. The number of nitrogens with zero attached hydrogens (tertiary/aromatic N) is 1. The molecule has 342 valence electrons. The zero-order valence-electron chi connectivity index (χ0n) is 38.8. The molecule has 9 heteroatoms. The van der Waals surface area contributed by atoms with Crippen LogP contribution in [-0.4, -0.2) is 68.5 Å². The Hall–Kier alpha value is -1.28. The molecular weight excluding hydrogens is 744 g/mol. The highest BCUT2D eigenvalue weighted by atomic mass is 31.2. The number of allylic oxidation sites excluding steroid dienone is 5. The lowest BCUT2D eigenvalue weighted by atomic mass is 10.0. The quantitative estimate of drug-likeness (QED) is 0.0274. The number of hydrogen-bond donors (Lipinski definition) is 2. The highest BCUT2D eigenvalue weighted by Gasteiger charge is 2.23. The fourth-order valence-corrected chi connectivity index (χ4v) is 7.65. The maximum atomic E-state index is 12.9. The van der Waals surface area contributed by atoms with Crippen LogP contribution in [0.2, 0.25) is 0 Å². The number of quaternary nitrogens is 1. The normalized spacial score (nSPS) is 14.5. The molecule has 0 aliphatic heterocycles. The average Bonchev–Trinajstić information content (AvgIpc) is 3.17. The van der Waals surface area contributed by atoms with E-state index in [0.29, 0.717) is 17.4 Å². The van der Waals surface area contributed by atoms with E-state index in [4.69, 9.17) is 9.05 Å². The fourth-order valence-electron chi connectivity index (χ4n) is 6.93. The number of aliphatic hydroxyl groups excluding tert-OH is 1. The van der Waals surface area contributed by atoms with Gasteiger partial charge in [0.15, 0.2) is 0 Å². The van der Waals surface area contributed by atoms with Crippen LogP contribution in [0.15, 0.2) is 36.5 Å². The van der Waals surface area contributed by atoms with Gasteiger partial charge in [0.25, 0.3) is 7.82 Å². The van der Waals surface area contributed by atoms with Gasteiger partial charge in [0.2, 0.25) is 5.91 Å². The summed E-state index contributed by atoms with van der Waals surface area (Å²) in [5.74, 6) is -0.212. The molecule has 0 aliphatic carbocycles. The minimum absolute atomic E-state index is 0.00695. The van der Waals surface area contributed by atoms with E-state index in [0.717, 1.165) is 38.5 Å². The number of aliphatic hydroxyl groups is 1. The van der Waals surface area contributed by atoms with Crippen LogP contribution in [0.4, 0.5) is 0 Å². The van der Waals surface area contributed by atoms with E-state index in [2.05, 4.69) is 43.5 Å². The third kappa shape index (κ3) is 42.8. The monoisotopic (exact) mass is 839 g/mol. The van der Waals surface area contributed by atoms with Crippen molar-refractivity contribution in [3.63, 3.8) is 0 Å². The van der Waals surface area contributed by atoms with E-state index < -0.39 is 26.6 Å². The first-order valence-electron chi connectivity index (χ1n) is 24.4. The molecule has 0 spiro atoms. The van der Waals surface area contributed by atoms with Crippen molar-refractivity contribution in [1.82, 2.24) is 5.32 Å². The molecule has 0 aromatic heterocycles. The molecule has 0 saturated heterocycles. The molecular formula is C49H95N2O6P. The van der Waals surface area contributed by atoms with Crippen molar-refractivity contribution in [2.24, 2.45) is 0 Å². The Morgan fingerprint density at radius 3 is 1.40 bits per heavy atom. The van der Waals surface area contributed by atoms with Crippen molar-refractivity contribution >= 4 is 13.7 Å². The van der Waals surface area contributed by atoms with E-state index in [-0.39, 0.29) is 12.5 Å². The van der Waals surface area contributed by atoms with Gasteiger partial charge in [-0.3, -0.25) is 9.36 Å². The van der Waals surface area contributed by atoms with Crippen LogP contribution in [0.1, 0.15) is 219 Å². The first-order chi connectivity index (χ1) is 28.0. The van der Waals surface area contributed by atoms with Crippen LogP contribution in [0.5, 0.6) is 0 Å². The molecule has 3 atom stereocenters. The van der Waals surface area contributed by atoms with Crippen molar-refractivity contribution in [3.05, 3.63) is 36.5 Å². The summed E-state index contributed by atoms with van der Waals surface area (Å²) in [5, 5.41) is 13.8. The van der Waals surface area contributed by atoms with Gasteiger partial charge in [-0.15, -0.1) is 0 Å². The van der Waals surface area contributed by atoms with E-state index in [1.165, 1.54) is 161 Å². The number of amides is 1. The number of nitrogens with one attached hydrogen (secondary N) is 1. The van der Waals surface area contributed by atoms with Crippen molar-refractivity contribution in [1.29, 1.82) is 0 Å². The van der Waals surface area contributed by atoms with Gasteiger partial charge in [0, 0.05) is 6.42 Å². The summed E-state index contributed by atoms with van der Waals surface area (Å²) in [7, 11) is 1.24. The summed E-state index contributed by atoms with van der Waals surface area (Å²) in [4.78, 5) is 25.3. The third-order valence-electron chi connectivity index (χ3n) is 10.8. The molecule has 0 aliphatic rings. The Morgan fingerprint density at radius 2 is 0.966 bits per heavy atom. The molecule has 3 unspecified atom stereocenters. The molecule has 1 amide bonds. The summed E-state index contributed by atoms with van der Waals surface area (Å²) in [6.07, 6.45) is 50.5. The third-order valence-corrected chi connectivity index (χ3v) is 11.8. The van der Waals surface area contributed by atoms with Crippen LogP contribution in [0.3, 0.4) is 0 Å². The predicted molar refractivity (Wildman–Crippen MR) is 247 cm³/mol. The van der Waals surface area contributed by atoms with E-state index >= 15 is 0 Å². The molecule has 0 fully saturated rings. The zero-order chi connectivity index (χ0) is 42.8. The van der Waals surface area contributed by atoms with Crippen LogP contribution in [0, 0.1) is 0 Å². The number of phosphoric ester groups is 1. The number of likely N-dealkylation sites (N-methyl/N-ethyl adjacent to an activating group) is 1. The molecule has 58 heavy (non-hydrogen) atoms. The molecule has 0 heterocycles. The Balaban J connectivity index is 4.41. The van der Waals surface area contributed by atoms with E-state index in [1.807, 2.05) is 27.2 Å².